The smallest absolute Gasteiger partial charge is 0.234 e. The third-order valence-corrected chi connectivity index (χ3v) is 6.04. The van der Waals surface area contributed by atoms with Crippen molar-refractivity contribution in [2.24, 2.45) is 0 Å². The molecule has 0 amide bonds. The van der Waals surface area contributed by atoms with E-state index in [4.69, 9.17) is 0 Å². The molecule has 0 aliphatic carbocycles. The van der Waals surface area contributed by atoms with Gasteiger partial charge in [0.25, 0.3) is 5.82 Å². The van der Waals surface area contributed by atoms with Crippen LogP contribution in [0.5, 0.6) is 0 Å². The quantitative estimate of drug-likeness (QED) is 0.193. The maximum Gasteiger partial charge on any atom is 0.256 e. The summed E-state index contributed by atoms with van der Waals surface area (Å²) in [7, 11) is 0. The highest BCUT2D eigenvalue weighted by Gasteiger charge is 2.16. The van der Waals surface area contributed by atoms with Gasteiger partial charge >= 0.3 is 0 Å². The molecular weight excluding hydrogens is 352 g/mol. The molecule has 2 aromatic rings. The fourth-order valence-electron chi connectivity index (χ4n) is 4.22. The lowest BCUT2D eigenvalue weighted by molar-refractivity contribution is -0.695. The Labute approximate surface area is 180 Å². The monoisotopic (exact) mass is 397 g/mol. The molecule has 0 aliphatic heterocycles. The van der Waals surface area contributed by atoms with E-state index >= 15 is 0 Å². The van der Waals surface area contributed by atoms with E-state index in [0.29, 0.717) is 0 Å². The zero-order valence-electron chi connectivity index (χ0n) is 19.2. The number of imidazole rings is 1. The SMILES string of the molecule is CCCCCCCCCCCCn1cc[n+](Cc2ccccc2)c1CCCCC. The van der Waals surface area contributed by atoms with Gasteiger partial charge in [0, 0.05) is 6.42 Å². The molecule has 0 spiro atoms. The summed E-state index contributed by atoms with van der Waals surface area (Å²) in [5, 5.41) is 0. The van der Waals surface area contributed by atoms with Gasteiger partial charge in [-0.05, 0) is 24.8 Å². The second-order valence-corrected chi connectivity index (χ2v) is 8.66. The van der Waals surface area contributed by atoms with Crippen molar-refractivity contribution in [3.8, 4) is 0 Å². The standard InChI is InChI=1S/C27H45N2/c1-3-5-7-8-9-10-11-12-13-18-22-28-23-24-29(27(28)21-15-6-4-2)25-26-19-16-14-17-20-26/h14,16-17,19-20,23-24H,3-13,15,18,21-22,25H2,1-2H3/q+1. The Morgan fingerprint density at radius 3 is 1.93 bits per heavy atom. The van der Waals surface area contributed by atoms with Crippen LogP contribution in [-0.4, -0.2) is 4.57 Å². The van der Waals surface area contributed by atoms with Crippen LogP contribution in [0.25, 0.3) is 0 Å². The number of rotatable bonds is 17. The first-order chi connectivity index (χ1) is 14.3. The van der Waals surface area contributed by atoms with E-state index in [0.717, 1.165) is 6.54 Å². The molecule has 0 aliphatic rings. The Hall–Kier alpha value is -1.57. The minimum atomic E-state index is 0.993. The summed E-state index contributed by atoms with van der Waals surface area (Å²) in [5.41, 5.74) is 1.39. The van der Waals surface area contributed by atoms with Crippen molar-refractivity contribution in [1.82, 2.24) is 4.57 Å². The van der Waals surface area contributed by atoms with Crippen LogP contribution in [0.3, 0.4) is 0 Å². The Bertz CT molecular complexity index is 629. The third-order valence-electron chi connectivity index (χ3n) is 6.04. The molecule has 0 bridgehead atoms. The van der Waals surface area contributed by atoms with Gasteiger partial charge in [-0.25, -0.2) is 9.13 Å². The van der Waals surface area contributed by atoms with Gasteiger partial charge in [-0.15, -0.1) is 0 Å². The molecule has 0 saturated heterocycles. The van der Waals surface area contributed by atoms with E-state index in [1.165, 1.54) is 108 Å². The fourth-order valence-corrected chi connectivity index (χ4v) is 4.22. The van der Waals surface area contributed by atoms with Gasteiger partial charge in [0.15, 0.2) is 0 Å². The number of aromatic nitrogens is 2. The molecule has 0 saturated carbocycles. The van der Waals surface area contributed by atoms with Crippen molar-refractivity contribution >= 4 is 0 Å². The van der Waals surface area contributed by atoms with E-state index in [9.17, 15) is 0 Å². The van der Waals surface area contributed by atoms with Crippen molar-refractivity contribution in [1.29, 1.82) is 0 Å². The van der Waals surface area contributed by atoms with Gasteiger partial charge in [-0.3, -0.25) is 0 Å². The van der Waals surface area contributed by atoms with Crippen LogP contribution in [0.15, 0.2) is 42.7 Å². The molecule has 2 heteroatoms. The molecule has 1 aromatic carbocycles. The summed E-state index contributed by atoms with van der Waals surface area (Å²) in [6.07, 6.45) is 23.8. The summed E-state index contributed by atoms with van der Waals surface area (Å²) < 4.78 is 5.00. The predicted molar refractivity (Wildman–Crippen MR) is 125 cm³/mol. The van der Waals surface area contributed by atoms with Crippen LogP contribution in [0.1, 0.15) is 109 Å². The van der Waals surface area contributed by atoms with Gasteiger partial charge < -0.3 is 0 Å². The molecule has 0 unspecified atom stereocenters. The van der Waals surface area contributed by atoms with E-state index in [-0.39, 0.29) is 0 Å². The van der Waals surface area contributed by atoms with Crippen molar-refractivity contribution in [2.75, 3.05) is 0 Å². The lowest BCUT2D eigenvalue weighted by Gasteiger charge is -2.06. The summed E-state index contributed by atoms with van der Waals surface area (Å²) in [6, 6.07) is 10.9. The average molecular weight is 398 g/mol. The second kappa shape index (κ2) is 15.3. The first-order valence-electron chi connectivity index (χ1n) is 12.5. The van der Waals surface area contributed by atoms with E-state index < -0.39 is 0 Å². The Balaban J connectivity index is 1.75. The molecule has 2 rings (SSSR count). The van der Waals surface area contributed by atoms with Gasteiger partial charge in [0.1, 0.15) is 18.9 Å². The fraction of sp³-hybridized carbons (Fsp3) is 0.667. The Kier molecular flexibility index (Phi) is 12.5. The van der Waals surface area contributed by atoms with Crippen molar-refractivity contribution in [2.45, 2.75) is 117 Å². The summed E-state index contributed by atoms with van der Waals surface area (Å²) >= 11 is 0. The van der Waals surface area contributed by atoms with Crippen molar-refractivity contribution in [3.63, 3.8) is 0 Å². The molecule has 162 valence electrons. The molecule has 1 aromatic heterocycles. The number of hydrogen-bond donors (Lipinski definition) is 0. The van der Waals surface area contributed by atoms with Crippen LogP contribution < -0.4 is 4.57 Å². The molecule has 29 heavy (non-hydrogen) atoms. The van der Waals surface area contributed by atoms with Gasteiger partial charge in [0.2, 0.25) is 0 Å². The summed E-state index contributed by atoms with van der Waals surface area (Å²) in [6.45, 7) is 6.76. The van der Waals surface area contributed by atoms with Gasteiger partial charge in [0.05, 0.1) is 6.54 Å². The van der Waals surface area contributed by atoms with Crippen LogP contribution in [0, 0.1) is 0 Å². The zero-order chi connectivity index (χ0) is 20.6. The maximum atomic E-state index is 2.53. The largest absolute Gasteiger partial charge is 0.256 e. The number of hydrogen-bond acceptors (Lipinski definition) is 0. The first kappa shape index (κ1) is 23.7. The van der Waals surface area contributed by atoms with Crippen LogP contribution in [-0.2, 0) is 19.5 Å². The molecule has 1 heterocycles. The highest BCUT2D eigenvalue weighted by molar-refractivity contribution is 5.13. The summed E-state index contributed by atoms with van der Waals surface area (Å²) in [4.78, 5) is 0. The molecule has 0 atom stereocenters. The predicted octanol–water partition coefficient (Wildman–Crippen LogP) is 7.48. The van der Waals surface area contributed by atoms with E-state index in [1.807, 2.05) is 0 Å². The molecular formula is C27H45N2+. The number of aryl methyl sites for hydroxylation is 1. The minimum Gasteiger partial charge on any atom is -0.234 e. The number of benzene rings is 1. The Morgan fingerprint density at radius 1 is 0.690 bits per heavy atom. The van der Waals surface area contributed by atoms with Crippen LogP contribution >= 0.6 is 0 Å². The first-order valence-corrected chi connectivity index (χ1v) is 12.5. The highest BCUT2D eigenvalue weighted by Crippen LogP contribution is 2.12. The van der Waals surface area contributed by atoms with Crippen LogP contribution in [0.4, 0.5) is 0 Å². The lowest BCUT2D eigenvalue weighted by Crippen LogP contribution is -2.37. The highest BCUT2D eigenvalue weighted by atomic mass is 15.1. The molecule has 0 fully saturated rings. The molecule has 0 N–H and O–H groups in total. The second-order valence-electron chi connectivity index (χ2n) is 8.66. The van der Waals surface area contributed by atoms with Gasteiger partial charge in [-0.2, -0.15) is 0 Å². The molecule has 0 radical (unpaired) electrons. The normalized spacial score (nSPS) is 11.2. The van der Waals surface area contributed by atoms with Crippen molar-refractivity contribution < 1.29 is 4.57 Å². The minimum absolute atomic E-state index is 0.993. The molecule has 2 nitrogen and oxygen atoms in total. The topological polar surface area (TPSA) is 8.81 Å². The number of nitrogens with zero attached hydrogens (tertiary/aromatic N) is 2. The summed E-state index contributed by atoms with van der Waals surface area (Å²) in [5.74, 6) is 1.51. The van der Waals surface area contributed by atoms with E-state index in [2.05, 4.69) is 65.7 Å². The van der Waals surface area contributed by atoms with Crippen LogP contribution in [0.2, 0.25) is 0 Å². The lowest BCUT2D eigenvalue weighted by atomic mass is 10.1. The van der Waals surface area contributed by atoms with E-state index in [1.54, 1.807) is 0 Å². The maximum absolute atomic E-state index is 2.53. The third kappa shape index (κ3) is 9.65. The zero-order valence-corrected chi connectivity index (χ0v) is 19.2. The number of unbranched alkanes of at least 4 members (excludes halogenated alkanes) is 11. The average Bonchev–Trinajstić information content (AvgIpc) is 3.12. The Morgan fingerprint density at radius 2 is 1.28 bits per heavy atom. The van der Waals surface area contributed by atoms with Gasteiger partial charge in [-0.1, -0.05) is 108 Å². The van der Waals surface area contributed by atoms with Crippen molar-refractivity contribution in [3.05, 3.63) is 54.1 Å².